The lowest BCUT2D eigenvalue weighted by Gasteiger charge is -2.35. The second-order valence-corrected chi connectivity index (χ2v) is 12.1. The maximum atomic E-state index is 6.85. The van der Waals surface area contributed by atoms with E-state index in [9.17, 15) is 0 Å². The molecule has 0 atom stereocenters. The predicted molar refractivity (Wildman–Crippen MR) is 191 cm³/mol. The lowest BCUT2D eigenvalue weighted by molar-refractivity contribution is 0.467. The second-order valence-electron chi connectivity index (χ2n) is 12.1. The van der Waals surface area contributed by atoms with E-state index in [1.807, 2.05) is 0 Å². The smallest absolute Gasteiger partial charge is 0.260 e. The average molecular weight is 589 g/mol. The Balaban J connectivity index is 1.27. The molecule has 0 aliphatic carbocycles. The van der Waals surface area contributed by atoms with Crippen molar-refractivity contribution >= 4 is 23.1 Å². The molecule has 0 N–H and O–H groups in total. The third-order valence-electron chi connectivity index (χ3n) is 9.39. The van der Waals surface area contributed by atoms with Gasteiger partial charge in [-0.25, -0.2) is 0 Å². The summed E-state index contributed by atoms with van der Waals surface area (Å²) < 4.78 is 13.7. The number of rotatable bonds is 4. The van der Waals surface area contributed by atoms with Crippen molar-refractivity contribution in [3.8, 4) is 67.5 Å². The predicted octanol–water partition coefficient (Wildman–Crippen LogP) is 9.39. The maximum Gasteiger partial charge on any atom is 0.260 e. The molecule has 7 aromatic rings. The van der Waals surface area contributed by atoms with Crippen molar-refractivity contribution in [2.24, 2.45) is 0 Å². The number of benzene rings is 7. The van der Waals surface area contributed by atoms with Crippen LogP contribution in [0.4, 0.5) is 0 Å². The number of fused-ring (bicyclic) bond motifs is 4. The largest absolute Gasteiger partial charge is 0.458 e. The fraction of sp³-hybridized carbons (Fsp3) is 0.0233. The van der Waals surface area contributed by atoms with Crippen LogP contribution in [0, 0.1) is 6.92 Å². The molecule has 2 aliphatic heterocycles. The van der Waals surface area contributed by atoms with Crippen molar-refractivity contribution in [2.45, 2.75) is 6.92 Å². The molecule has 2 heterocycles. The minimum Gasteiger partial charge on any atom is -0.458 e. The van der Waals surface area contributed by atoms with Gasteiger partial charge in [-0.15, -0.1) is 0 Å². The molecule has 3 heteroatoms. The van der Waals surface area contributed by atoms with Crippen molar-refractivity contribution in [3.63, 3.8) is 0 Å². The van der Waals surface area contributed by atoms with Crippen molar-refractivity contribution in [1.82, 2.24) is 0 Å². The standard InChI is InChI=1S/C43H29BO2/c1-28-11-5-6-14-34(28)31-23-25-33(26-24-31)36-27-35(32-21-19-30(20-22-32)29-12-3-2-4-13-29)42-41-43(36)46-40-18-10-8-16-38(40)44(41)37-15-7-9-17-39(37)45-42/h2-27H,1H3. The molecule has 0 saturated heterocycles. The first kappa shape index (κ1) is 26.6. The number of ether oxygens (including phenoxy) is 2. The molecule has 216 valence electrons. The summed E-state index contributed by atoms with van der Waals surface area (Å²) in [5.74, 6) is 3.50. The number of hydrogen-bond acceptors (Lipinski definition) is 2. The lowest BCUT2D eigenvalue weighted by atomic mass is 9.34. The van der Waals surface area contributed by atoms with Crippen LogP contribution in [0.5, 0.6) is 23.0 Å². The molecular weight excluding hydrogens is 559 g/mol. The van der Waals surface area contributed by atoms with E-state index in [1.165, 1.54) is 27.8 Å². The third-order valence-corrected chi connectivity index (χ3v) is 9.39. The molecular formula is C43H29BO2. The van der Waals surface area contributed by atoms with E-state index in [2.05, 4.69) is 165 Å². The van der Waals surface area contributed by atoms with Crippen LogP contribution in [-0.2, 0) is 0 Å². The summed E-state index contributed by atoms with van der Waals surface area (Å²) in [5.41, 5.74) is 13.8. The van der Waals surface area contributed by atoms with Crippen molar-refractivity contribution < 1.29 is 9.47 Å². The van der Waals surface area contributed by atoms with Gasteiger partial charge in [0.2, 0.25) is 0 Å². The fourth-order valence-corrected chi connectivity index (χ4v) is 7.10. The minimum absolute atomic E-state index is 0.00608. The van der Waals surface area contributed by atoms with Crippen LogP contribution in [0.2, 0.25) is 0 Å². The zero-order valence-corrected chi connectivity index (χ0v) is 25.4. The summed E-state index contributed by atoms with van der Waals surface area (Å²) in [5, 5.41) is 0. The molecule has 0 aromatic heterocycles. The molecule has 7 aromatic carbocycles. The van der Waals surface area contributed by atoms with Gasteiger partial charge in [-0.1, -0.05) is 140 Å². The molecule has 0 fully saturated rings. The summed E-state index contributed by atoms with van der Waals surface area (Å²) in [6.07, 6.45) is 0. The Labute approximate surface area is 269 Å². The highest BCUT2D eigenvalue weighted by Gasteiger charge is 2.42. The van der Waals surface area contributed by atoms with Crippen molar-refractivity contribution in [1.29, 1.82) is 0 Å². The Kier molecular flexibility index (Phi) is 6.17. The molecule has 0 bridgehead atoms. The summed E-state index contributed by atoms with van der Waals surface area (Å²) in [6.45, 7) is 2.16. The Morgan fingerprint density at radius 1 is 0.391 bits per heavy atom. The van der Waals surface area contributed by atoms with E-state index < -0.39 is 0 Å². The highest BCUT2D eigenvalue weighted by Crippen LogP contribution is 2.46. The van der Waals surface area contributed by atoms with Crippen molar-refractivity contribution in [3.05, 3.63) is 163 Å². The second kappa shape index (κ2) is 10.7. The van der Waals surface area contributed by atoms with E-state index in [0.29, 0.717) is 0 Å². The monoisotopic (exact) mass is 588 g/mol. The quantitative estimate of drug-likeness (QED) is 0.191. The first-order chi connectivity index (χ1) is 22.7. The van der Waals surface area contributed by atoms with E-state index in [4.69, 9.17) is 9.47 Å². The fourth-order valence-electron chi connectivity index (χ4n) is 7.10. The van der Waals surface area contributed by atoms with Gasteiger partial charge in [0.25, 0.3) is 6.71 Å². The molecule has 9 rings (SSSR count). The lowest BCUT2D eigenvalue weighted by Crippen LogP contribution is -2.57. The van der Waals surface area contributed by atoms with Gasteiger partial charge in [0, 0.05) is 16.6 Å². The first-order valence-corrected chi connectivity index (χ1v) is 15.8. The Hall–Kier alpha value is -5.80. The van der Waals surface area contributed by atoms with Gasteiger partial charge in [0.15, 0.2) is 0 Å². The van der Waals surface area contributed by atoms with Gasteiger partial charge in [0.1, 0.15) is 23.0 Å². The number of para-hydroxylation sites is 2. The highest BCUT2D eigenvalue weighted by atomic mass is 16.5. The van der Waals surface area contributed by atoms with Crippen LogP contribution in [0.1, 0.15) is 5.56 Å². The molecule has 0 saturated carbocycles. The zero-order chi connectivity index (χ0) is 30.6. The normalized spacial score (nSPS) is 12.3. The Bertz CT molecular complexity index is 2240. The molecule has 2 nitrogen and oxygen atoms in total. The maximum absolute atomic E-state index is 6.85. The molecule has 0 spiro atoms. The SMILES string of the molecule is Cc1ccccc1-c1ccc(-c2cc(-c3ccc(-c4ccccc4)cc3)c3c4c2Oc2ccccc2B4c2ccccc2O3)cc1. The van der Waals surface area contributed by atoms with Gasteiger partial charge in [0.05, 0.1) is 0 Å². The minimum atomic E-state index is -0.00608. The average Bonchev–Trinajstić information content (AvgIpc) is 3.12. The summed E-state index contributed by atoms with van der Waals surface area (Å²) in [4.78, 5) is 0. The first-order valence-electron chi connectivity index (χ1n) is 15.8. The van der Waals surface area contributed by atoms with Crippen LogP contribution in [0.25, 0.3) is 44.5 Å². The van der Waals surface area contributed by atoms with Gasteiger partial charge in [-0.3, -0.25) is 0 Å². The van der Waals surface area contributed by atoms with Gasteiger partial charge >= 0.3 is 0 Å². The van der Waals surface area contributed by atoms with E-state index in [-0.39, 0.29) is 6.71 Å². The van der Waals surface area contributed by atoms with E-state index >= 15 is 0 Å². The molecule has 0 unspecified atom stereocenters. The van der Waals surface area contributed by atoms with Crippen molar-refractivity contribution in [2.75, 3.05) is 0 Å². The van der Waals surface area contributed by atoms with Crippen LogP contribution in [0.3, 0.4) is 0 Å². The Morgan fingerprint density at radius 2 is 0.826 bits per heavy atom. The molecule has 46 heavy (non-hydrogen) atoms. The topological polar surface area (TPSA) is 18.5 Å². The molecule has 0 amide bonds. The van der Waals surface area contributed by atoms with E-state index in [0.717, 1.165) is 61.6 Å². The van der Waals surface area contributed by atoms with Gasteiger partial charge < -0.3 is 9.47 Å². The van der Waals surface area contributed by atoms with Crippen LogP contribution >= 0.6 is 0 Å². The van der Waals surface area contributed by atoms with E-state index in [1.54, 1.807) is 0 Å². The van der Waals surface area contributed by atoms with Crippen LogP contribution in [-0.4, -0.2) is 6.71 Å². The van der Waals surface area contributed by atoms with Gasteiger partial charge in [-0.2, -0.15) is 0 Å². The third kappa shape index (κ3) is 4.28. The Morgan fingerprint density at radius 3 is 1.39 bits per heavy atom. The van der Waals surface area contributed by atoms with Crippen LogP contribution < -0.4 is 25.9 Å². The summed E-state index contributed by atoms with van der Waals surface area (Å²) >= 11 is 0. The molecule has 2 aliphatic rings. The number of hydrogen-bond donors (Lipinski definition) is 0. The zero-order valence-electron chi connectivity index (χ0n) is 25.4. The summed E-state index contributed by atoms with van der Waals surface area (Å²) in [6, 6.07) is 55.8. The molecule has 0 radical (unpaired) electrons. The highest BCUT2D eigenvalue weighted by molar-refractivity contribution is 6.98. The van der Waals surface area contributed by atoms with Crippen LogP contribution in [0.15, 0.2) is 158 Å². The van der Waals surface area contributed by atoms with Gasteiger partial charge in [-0.05, 0) is 75.0 Å². The number of aryl methyl sites for hydroxylation is 1. The summed E-state index contributed by atoms with van der Waals surface area (Å²) in [7, 11) is 0.